The van der Waals surface area contributed by atoms with E-state index in [2.05, 4.69) is 10.3 Å². The average Bonchev–Trinajstić information content (AvgIpc) is 3.33. The van der Waals surface area contributed by atoms with Crippen molar-refractivity contribution in [3.8, 4) is 11.5 Å². The van der Waals surface area contributed by atoms with Crippen molar-refractivity contribution in [2.24, 2.45) is 0 Å². The van der Waals surface area contributed by atoms with Crippen LogP contribution in [0.15, 0.2) is 69.2 Å². The van der Waals surface area contributed by atoms with Crippen molar-refractivity contribution >= 4 is 45.9 Å². The molecule has 0 saturated heterocycles. The second-order valence-corrected chi connectivity index (χ2v) is 8.26. The van der Waals surface area contributed by atoms with Gasteiger partial charge in [0, 0.05) is 6.07 Å². The normalized spacial score (nSPS) is 10.9. The number of furan rings is 1. The summed E-state index contributed by atoms with van der Waals surface area (Å²) in [5.74, 6) is 1.15. The summed E-state index contributed by atoms with van der Waals surface area (Å²) in [5, 5.41) is 4.02. The minimum Gasteiger partial charge on any atom is -0.495 e. The lowest BCUT2D eigenvalue weighted by Gasteiger charge is -2.14. The number of nitrogens with zero attached hydrogens (tertiary/aromatic N) is 2. The van der Waals surface area contributed by atoms with Gasteiger partial charge in [-0.1, -0.05) is 35.5 Å². The third-order valence-corrected chi connectivity index (χ3v) is 6.07. The number of para-hydroxylation sites is 1. The van der Waals surface area contributed by atoms with E-state index in [-0.39, 0.29) is 23.8 Å². The Morgan fingerprint density at radius 1 is 1.15 bits per heavy atom. The Hall–Kier alpha value is -3.43. The van der Waals surface area contributed by atoms with E-state index in [1.165, 1.54) is 18.8 Å². The van der Waals surface area contributed by atoms with Crippen LogP contribution >= 0.6 is 23.4 Å². The highest BCUT2D eigenvalue weighted by Crippen LogP contribution is 2.36. The molecule has 10 heteroatoms. The van der Waals surface area contributed by atoms with Crippen LogP contribution in [0.3, 0.4) is 0 Å². The van der Waals surface area contributed by atoms with Gasteiger partial charge in [-0.3, -0.25) is 14.2 Å². The second kappa shape index (κ2) is 10.0. The van der Waals surface area contributed by atoms with E-state index in [1.807, 2.05) is 6.07 Å². The Kier molecular flexibility index (Phi) is 6.90. The molecule has 0 aliphatic carbocycles. The van der Waals surface area contributed by atoms with Crippen LogP contribution in [0.5, 0.6) is 11.5 Å². The van der Waals surface area contributed by atoms with Gasteiger partial charge in [-0.25, -0.2) is 4.98 Å². The Labute approximate surface area is 198 Å². The van der Waals surface area contributed by atoms with Crippen LogP contribution in [0.4, 0.5) is 5.69 Å². The molecule has 0 aliphatic rings. The van der Waals surface area contributed by atoms with Crippen LogP contribution < -0.4 is 20.3 Å². The highest BCUT2D eigenvalue weighted by atomic mass is 35.5. The predicted octanol–water partition coefficient (Wildman–Crippen LogP) is 4.44. The number of carbonyl (C=O) groups excluding carboxylic acids is 1. The molecular formula is C23H20ClN3O5S. The summed E-state index contributed by atoms with van der Waals surface area (Å²) in [4.78, 5) is 30.4. The molecule has 4 aromatic rings. The molecule has 0 bridgehead atoms. The number of halogens is 1. The van der Waals surface area contributed by atoms with Crippen molar-refractivity contribution in [3.05, 3.63) is 75.9 Å². The summed E-state index contributed by atoms with van der Waals surface area (Å²) in [6.45, 7) is 0.204. The number of methoxy groups -OCH3 is 2. The molecule has 4 rings (SSSR count). The van der Waals surface area contributed by atoms with Crippen LogP contribution in [-0.4, -0.2) is 35.4 Å². The van der Waals surface area contributed by atoms with Crippen molar-refractivity contribution in [2.75, 3.05) is 25.3 Å². The Morgan fingerprint density at radius 3 is 2.67 bits per heavy atom. The van der Waals surface area contributed by atoms with Crippen LogP contribution in [0.25, 0.3) is 10.9 Å². The summed E-state index contributed by atoms with van der Waals surface area (Å²) in [6.07, 6.45) is 1.54. The number of anilines is 1. The second-order valence-electron chi connectivity index (χ2n) is 6.91. The van der Waals surface area contributed by atoms with Crippen molar-refractivity contribution in [3.63, 3.8) is 0 Å². The van der Waals surface area contributed by atoms with Gasteiger partial charge in [-0.05, 0) is 30.3 Å². The zero-order chi connectivity index (χ0) is 23.4. The first-order chi connectivity index (χ1) is 16.0. The molecule has 2 aromatic heterocycles. The minimum atomic E-state index is -0.313. The Balaban J connectivity index is 1.58. The molecule has 33 heavy (non-hydrogen) atoms. The van der Waals surface area contributed by atoms with Crippen LogP contribution in [0.2, 0.25) is 5.02 Å². The molecule has 0 unspecified atom stereocenters. The van der Waals surface area contributed by atoms with Crippen LogP contribution in [0, 0.1) is 0 Å². The molecule has 1 N–H and O–H groups in total. The predicted molar refractivity (Wildman–Crippen MR) is 128 cm³/mol. The van der Waals surface area contributed by atoms with Gasteiger partial charge in [-0.2, -0.15) is 0 Å². The molecule has 0 spiro atoms. The fraction of sp³-hybridized carbons (Fsp3) is 0.174. The molecule has 2 aromatic carbocycles. The third-order valence-electron chi connectivity index (χ3n) is 4.80. The number of carbonyl (C=O) groups is 1. The first-order valence-corrected chi connectivity index (χ1v) is 11.2. The molecule has 0 atom stereocenters. The van der Waals surface area contributed by atoms with E-state index in [0.717, 1.165) is 11.8 Å². The lowest BCUT2D eigenvalue weighted by Crippen LogP contribution is -2.24. The molecule has 2 heterocycles. The molecule has 1 amide bonds. The summed E-state index contributed by atoms with van der Waals surface area (Å²) < 4.78 is 17.4. The smallest absolute Gasteiger partial charge is 0.262 e. The van der Waals surface area contributed by atoms with Gasteiger partial charge in [0.25, 0.3) is 5.56 Å². The Bertz CT molecular complexity index is 1350. The topological polar surface area (TPSA) is 95.6 Å². The number of hydrogen-bond acceptors (Lipinski definition) is 7. The molecule has 0 aliphatic heterocycles. The van der Waals surface area contributed by atoms with E-state index in [4.69, 9.17) is 25.5 Å². The number of nitrogens with one attached hydrogen (secondary N) is 1. The number of benzene rings is 2. The quantitative estimate of drug-likeness (QED) is 0.291. The van der Waals surface area contributed by atoms with E-state index in [0.29, 0.717) is 44.0 Å². The summed E-state index contributed by atoms with van der Waals surface area (Å²) >= 11 is 7.33. The van der Waals surface area contributed by atoms with Gasteiger partial charge >= 0.3 is 0 Å². The number of amides is 1. The lowest BCUT2D eigenvalue weighted by molar-refractivity contribution is -0.113. The largest absolute Gasteiger partial charge is 0.495 e. The molecule has 170 valence electrons. The first kappa shape index (κ1) is 22.8. The average molecular weight is 486 g/mol. The number of rotatable bonds is 8. The van der Waals surface area contributed by atoms with Crippen molar-refractivity contribution < 1.29 is 18.7 Å². The number of aromatic nitrogens is 2. The number of ether oxygens (including phenoxy) is 2. The van der Waals surface area contributed by atoms with Crippen molar-refractivity contribution in [1.29, 1.82) is 0 Å². The maximum absolute atomic E-state index is 13.1. The summed E-state index contributed by atoms with van der Waals surface area (Å²) in [7, 11) is 2.98. The van der Waals surface area contributed by atoms with Crippen LogP contribution in [-0.2, 0) is 11.3 Å². The molecule has 8 nitrogen and oxygen atoms in total. The van der Waals surface area contributed by atoms with Gasteiger partial charge in [0.05, 0.1) is 54.4 Å². The van der Waals surface area contributed by atoms with Gasteiger partial charge in [0.15, 0.2) is 5.16 Å². The van der Waals surface area contributed by atoms with Crippen LogP contribution in [0.1, 0.15) is 5.76 Å². The lowest BCUT2D eigenvalue weighted by atomic mass is 10.2. The minimum absolute atomic E-state index is 0.00966. The maximum atomic E-state index is 13.1. The standard InChI is InChI=1S/C23H20ClN3O5S/c1-30-19-11-20(31-2)18(10-16(19)24)25-21(28)13-33-23-26-17-8-4-3-7-15(17)22(29)27(23)12-14-6-5-9-32-14/h3-11H,12-13H2,1-2H3,(H,25,28). The van der Waals surface area contributed by atoms with Gasteiger partial charge in [0.1, 0.15) is 17.3 Å². The molecule has 0 fully saturated rings. The zero-order valence-corrected chi connectivity index (χ0v) is 19.4. The molecule has 0 radical (unpaired) electrons. The molecular weight excluding hydrogens is 466 g/mol. The maximum Gasteiger partial charge on any atom is 0.262 e. The summed E-state index contributed by atoms with van der Waals surface area (Å²) in [6, 6.07) is 13.8. The number of fused-ring (bicyclic) bond motifs is 1. The Morgan fingerprint density at radius 2 is 1.94 bits per heavy atom. The monoisotopic (exact) mass is 485 g/mol. The highest BCUT2D eigenvalue weighted by molar-refractivity contribution is 7.99. The van der Waals surface area contributed by atoms with Crippen molar-refractivity contribution in [2.45, 2.75) is 11.7 Å². The summed E-state index contributed by atoms with van der Waals surface area (Å²) in [5.41, 5.74) is 0.765. The van der Waals surface area contributed by atoms with Crippen molar-refractivity contribution in [1.82, 2.24) is 9.55 Å². The fourth-order valence-corrected chi connectivity index (χ4v) is 4.27. The van der Waals surface area contributed by atoms with E-state index in [9.17, 15) is 9.59 Å². The third kappa shape index (κ3) is 4.99. The first-order valence-electron chi connectivity index (χ1n) is 9.86. The van der Waals surface area contributed by atoms with Gasteiger partial charge in [-0.15, -0.1) is 0 Å². The van der Waals surface area contributed by atoms with E-state index >= 15 is 0 Å². The zero-order valence-electron chi connectivity index (χ0n) is 17.8. The fourth-order valence-electron chi connectivity index (χ4n) is 3.23. The highest BCUT2D eigenvalue weighted by Gasteiger charge is 2.16. The van der Waals surface area contributed by atoms with E-state index in [1.54, 1.807) is 48.7 Å². The molecule has 0 saturated carbocycles. The number of thioether (sulfide) groups is 1. The van der Waals surface area contributed by atoms with Gasteiger partial charge in [0.2, 0.25) is 5.91 Å². The number of hydrogen-bond donors (Lipinski definition) is 1. The van der Waals surface area contributed by atoms with Gasteiger partial charge < -0.3 is 19.2 Å². The van der Waals surface area contributed by atoms with E-state index < -0.39 is 0 Å². The SMILES string of the molecule is COc1cc(OC)c(NC(=O)CSc2nc3ccccc3c(=O)n2Cc2ccco2)cc1Cl.